The Kier molecular flexibility index (Phi) is 11.8. The molecule has 1 saturated heterocycles. The number of sulfonamides is 1. The number of nitrogens with zero attached hydrogens (tertiary/aromatic N) is 5. The zero-order valence-electron chi connectivity index (χ0n) is 29.8. The lowest BCUT2D eigenvalue weighted by molar-refractivity contribution is -0.146. The summed E-state index contributed by atoms with van der Waals surface area (Å²) in [7, 11) is -6.83. The molecule has 2 aromatic heterocycles. The van der Waals surface area contributed by atoms with Crippen molar-refractivity contribution in [1.29, 1.82) is 0 Å². The maximum atomic E-state index is 14.5. The minimum Gasteiger partial charge on any atom is -0.460 e. The number of benzene rings is 2. The molecule has 5 rings (SSSR count). The number of fused-ring (bicyclic) bond motifs is 1. The summed E-state index contributed by atoms with van der Waals surface area (Å²) < 4.78 is 76.6. The van der Waals surface area contributed by atoms with Crippen LogP contribution >= 0.6 is 7.75 Å². The van der Waals surface area contributed by atoms with Gasteiger partial charge in [-0.3, -0.25) is 18.9 Å². The summed E-state index contributed by atoms with van der Waals surface area (Å²) in [6.45, 7) is 5.33. The molecule has 1 aliphatic heterocycles. The van der Waals surface area contributed by atoms with Gasteiger partial charge in [-0.05, 0) is 51.0 Å². The zero-order chi connectivity index (χ0) is 38.9. The molecule has 4 aromatic rings. The number of imidazole rings is 1. The minimum atomic E-state index is -4.48. The zero-order valence-corrected chi connectivity index (χ0v) is 31.5. The van der Waals surface area contributed by atoms with Crippen LogP contribution < -0.4 is 25.2 Å². The number of ether oxygens (including phenoxy) is 2. The molecule has 0 spiro atoms. The van der Waals surface area contributed by atoms with E-state index in [2.05, 4.69) is 24.9 Å². The third kappa shape index (κ3) is 9.10. The molecule has 288 valence electrons. The molecule has 1 fully saturated rings. The summed E-state index contributed by atoms with van der Waals surface area (Å²) in [5.41, 5.74) is 5.77. The molecular weight excluding hydrogens is 738 g/mol. The number of aliphatic hydroxyl groups excluding tert-OH is 1. The first-order chi connectivity index (χ1) is 24.8. The molecule has 6 N–H and O–H groups in total. The normalized spacial score (nSPS) is 22.0. The second kappa shape index (κ2) is 15.6. The summed E-state index contributed by atoms with van der Waals surface area (Å²) in [4.78, 5) is 27.8. The van der Waals surface area contributed by atoms with Crippen molar-refractivity contribution in [3.05, 3.63) is 71.3 Å². The van der Waals surface area contributed by atoms with Crippen molar-refractivity contribution in [3.8, 4) is 5.75 Å². The molecular formula is C32H42FN8O10PS. The van der Waals surface area contributed by atoms with Crippen LogP contribution in [0.3, 0.4) is 0 Å². The number of aromatic nitrogens is 4. The van der Waals surface area contributed by atoms with Gasteiger partial charge in [0.2, 0.25) is 16.0 Å². The van der Waals surface area contributed by atoms with Gasteiger partial charge in [-0.15, -0.1) is 4.83 Å². The molecule has 6 atom stereocenters. The quantitative estimate of drug-likeness (QED) is 0.0660. The van der Waals surface area contributed by atoms with Crippen LogP contribution in [0.25, 0.3) is 11.2 Å². The van der Waals surface area contributed by atoms with E-state index in [1.807, 2.05) is 13.8 Å². The SMILES string of the molecule is CCc1cccc(F)c1COC(=O)C(C)NP(=O)(OC[C@H]1OC(n2cnc3c(N(C)NS(C)(=O)=O)nc(N)nc32)[C@](C)(O)[C@@H]1O)Oc1ccc(C)cc1. The van der Waals surface area contributed by atoms with Gasteiger partial charge in [-0.1, -0.05) is 36.8 Å². The van der Waals surface area contributed by atoms with Crippen LogP contribution in [0.4, 0.5) is 16.2 Å². The van der Waals surface area contributed by atoms with Crippen LogP contribution in [0.5, 0.6) is 5.75 Å². The maximum absolute atomic E-state index is 14.5. The molecule has 18 nitrogen and oxygen atoms in total. The van der Waals surface area contributed by atoms with Gasteiger partial charge >= 0.3 is 13.7 Å². The monoisotopic (exact) mass is 780 g/mol. The number of nitrogen functional groups attached to an aromatic ring is 1. The average molecular weight is 781 g/mol. The topological polar surface area (TPSA) is 243 Å². The van der Waals surface area contributed by atoms with Crippen molar-refractivity contribution in [2.75, 3.05) is 30.7 Å². The van der Waals surface area contributed by atoms with E-state index >= 15 is 0 Å². The number of carbonyl (C=O) groups is 1. The number of anilines is 2. The Morgan fingerprint density at radius 3 is 2.60 bits per heavy atom. The summed E-state index contributed by atoms with van der Waals surface area (Å²) in [5.74, 6) is -1.56. The van der Waals surface area contributed by atoms with E-state index in [1.165, 1.54) is 50.0 Å². The van der Waals surface area contributed by atoms with Gasteiger partial charge in [-0.2, -0.15) is 15.1 Å². The van der Waals surface area contributed by atoms with Crippen LogP contribution in [-0.4, -0.2) is 87.9 Å². The highest BCUT2D eigenvalue weighted by atomic mass is 32.2. The lowest BCUT2D eigenvalue weighted by atomic mass is 9.96. The Morgan fingerprint density at radius 2 is 1.94 bits per heavy atom. The number of nitrogens with one attached hydrogen (secondary N) is 2. The van der Waals surface area contributed by atoms with Gasteiger partial charge in [0.25, 0.3) is 0 Å². The molecule has 0 amide bonds. The van der Waals surface area contributed by atoms with E-state index in [1.54, 1.807) is 24.3 Å². The largest absolute Gasteiger partial charge is 0.460 e. The molecule has 3 heterocycles. The number of halogens is 1. The van der Waals surface area contributed by atoms with Gasteiger partial charge < -0.3 is 29.9 Å². The van der Waals surface area contributed by atoms with Crippen molar-refractivity contribution >= 4 is 46.7 Å². The van der Waals surface area contributed by atoms with Crippen LogP contribution in [0.15, 0.2) is 48.8 Å². The number of nitrogens with two attached hydrogens (primary N) is 1. The van der Waals surface area contributed by atoms with Crippen molar-refractivity contribution in [1.82, 2.24) is 29.4 Å². The highest BCUT2D eigenvalue weighted by molar-refractivity contribution is 7.88. The number of rotatable bonds is 15. The first-order valence-corrected chi connectivity index (χ1v) is 19.7. The predicted octanol–water partition coefficient (Wildman–Crippen LogP) is 2.25. The number of esters is 1. The Labute approximate surface area is 305 Å². The summed E-state index contributed by atoms with van der Waals surface area (Å²) in [6, 6.07) is 9.74. The van der Waals surface area contributed by atoms with Crippen molar-refractivity contribution < 1.29 is 50.9 Å². The number of carbonyl (C=O) groups excluding carboxylic acids is 1. The number of hydrazine groups is 1. The number of aliphatic hydroxyl groups is 2. The highest BCUT2D eigenvalue weighted by Crippen LogP contribution is 2.47. The van der Waals surface area contributed by atoms with E-state index in [4.69, 9.17) is 24.3 Å². The fourth-order valence-electron chi connectivity index (χ4n) is 5.65. The highest BCUT2D eigenvalue weighted by Gasteiger charge is 2.54. The van der Waals surface area contributed by atoms with Crippen molar-refractivity contribution in [3.63, 3.8) is 0 Å². The van der Waals surface area contributed by atoms with Gasteiger partial charge in [-0.25, -0.2) is 22.4 Å². The maximum Gasteiger partial charge on any atom is 0.459 e. The summed E-state index contributed by atoms with van der Waals surface area (Å²) >= 11 is 0. The molecule has 0 radical (unpaired) electrons. The molecule has 0 saturated carbocycles. The third-order valence-corrected chi connectivity index (χ3v) is 10.6. The van der Waals surface area contributed by atoms with Gasteiger partial charge in [0, 0.05) is 12.6 Å². The second-order valence-electron chi connectivity index (χ2n) is 12.7. The predicted molar refractivity (Wildman–Crippen MR) is 190 cm³/mol. The molecule has 0 aliphatic carbocycles. The summed E-state index contributed by atoms with van der Waals surface area (Å²) in [5, 5.41) is 26.3. The number of hydrogen-bond donors (Lipinski definition) is 5. The summed E-state index contributed by atoms with van der Waals surface area (Å²) in [6.07, 6.45) is -1.68. The van der Waals surface area contributed by atoms with Crippen LogP contribution in [-0.2, 0) is 46.4 Å². The molecule has 1 aliphatic rings. The van der Waals surface area contributed by atoms with E-state index in [9.17, 15) is 32.4 Å². The standard InChI is InChI=1S/C32H42FN8O10PS/c1-7-20-9-8-10-23(33)22(20)15-48-29(43)19(3)38-52(45,51-21-13-11-18(2)12-14-21)49-16-24-26(42)32(4,44)30(50-24)41-17-35-25-27(36-31(34)37-28(25)41)40(5)39-53(6,46)47/h8-14,17,19,24,26,30,39,42,44H,7,15-16H2,1-6H3,(H,38,45)(H2,34,36,37)/t19?,24-,26-,30?,32-,52?/m1/s1. The molecule has 3 unspecified atom stereocenters. The van der Waals surface area contributed by atoms with Gasteiger partial charge in [0.05, 0.1) is 19.2 Å². The van der Waals surface area contributed by atoms with Crippen LogP contribution in [0, 0.1) is 12.7 Å². The molecule has 21 heteroatoms. The van der Waals surface area contributed by atoms with Crippen molar-refractivity contribution in [2.45, 2.75) is 70.8 Å². The van der Waals surface area contributed by atoms with E-state index in [0.717, 1.165) is 16.8 Å². The molecule has 0 bridgehead atoms. The average Bonchev–Trinajstić information content (AvgIpc) is 3.59. The van der Waals surface area contributed by atoms with E-state index < -0.39 is 66.2 Å². The Hall–Kier alpha value is -4.27. The number of aryl methyl sites for hydroxylation is 2. The Balaban J connectivity index is 1.36. The molecule has 2 aromatic carbocycles. The van der Waals surface area contributed by atoms with Crippen molar-refractivity contribution in [2.24, 2.45) is 0 Å². The van der Waals surface area contributed by atoms with Crippen LogP contribution in [0.2, 0.25) is 0 Å². The number of hydrogen-bond acceptors (Lipinski definition) is 15. The lowest BCUT2D eigenvalue weighted by Gasteiger charge is -2.27. The fraction of sp³-hybridized carbons (Fsp3) is 0.438. The molecule has 53 heavy (non-hydrogen) atoms. The lowest BCUT2D eigenvalue weighted by Crippen LogP contribution is -2.44. The van der Waals surface area contributed by atoms with E-state index in [0.29, 0.717) is 12.0 Å². The van der Waals surface area contributed by atoms with Gasteiger partial charge in [0.1, 0.15) is 42.0 Å². The van der Waals surface area contributed by atoms with E-state index in [-0.39, 0.29) is 40.8 Å². The van der Waals surface area contributed by atoms with Crippen LogP contribution in [0.1, 0.15) is 43.7 Å². The first kappa shape index (κ1) is 39.9. The minimum absolute atomic E-state index is 0.0117. The van der Waals surface area contributed by atoms with Gasteiger partial charge in [0.15, 0.2) is 23.2 Å². The Morgan fingerprint density at radius 1 is 1.25 bits per heavy atom. The fourth-order valence-corrected chi connectivity index (χ4v) is 7.73. The first-order valence-electron chi connectivity index (χ1n) is 16.3. The Bertz CT molecular complexity index is 2120. The second-order valence-corrected chi connectivity index (χ2v) is 16.2. The third-order valence-electron chi connectivity index (χ3n) is 8.36. The smallest absolute Gasteiger partial charge is 0.459 e.